The van der Waals surface area contributed by atoms with Crippen molar-refractivity contribution in [3.63, 3.8) is 0 Å². The fourth-order valence-electron chi connectivity index (χ4n) is 1.60. The maximum atomic E-state index is 7.74. The number of ether oxygens (including phenoxy) is 1. The second kappa shape index (κ2) is 6.20. The summed E-state index contributed by atoms with van der Waals surface area (Å²) >= 11 is 5.93. The normalized spacial score (nSPS) is 16.4. The Kier molecular flexibility index (Phi) is 4.36. The monoisotopic (exact) mass is 275 g/mol. The van der Waals surface area contributed by atoms with Gasteiger partial charge in [-0.1, -0.05) is 23.7 Å². The average Bonchev–Trinajstić information content (AvgIpc) is 2.43. The minimum Gasteiger partial charge on any atom is -0.497 e. The van der Waals surface area contributed by atoms with Gasteiger partial charge >= 0.3 is 0 Å². The zero-order chi connectivity index (χ0) is 13.7. The third kappa shape index (κ3) is 3.45. The van der Waals surface area contributed by atoms with E-state index in [9.17, 15) is 0 Å². The van der Waals surface area contributed by atoms with Gasteiger partial charge in [0.05, 0.1) is 18.4 Å². The minimum atomic E-state index is 0.328. The summed E-state index contributed by atoms with van der Waals surface area (Å²) in [5, 5.41) is 11.2. The van der Waals surface area contributed by atoms with Crippen molar-refractivity contribution in [3.8, 4) is 5.75 Å². The molecule has 4 nitrogen and oxygen atoms in total. The van der Waals surface area contributed by atoms with Gasteiger partial charge in [-0.3, -0.25) is 0 Å². The third-order valence-electron chi connectivity index (χ3n) is 2.65. The quantitative estimate of drug-likeness (QED) is 0.888. The van der Waals surface area contributed by atoms with Crippen LogP contribution in [0, 0.1) is 5.41 Å². The first-order chi connectivity index (χ1) is 9.20. The van der Waals surface area contributed by atoms with Crippen molar-refractivity contribution in [2.45, 2.75) is 6.54 Å². The Bertz CT molecular complexity index is 559. The van der Waals surface area contributed by atoms with E-state index < -0.39 is 0 Å². The van der Waals surface area contributed by atoms with Crippen LogP contribution in [-0.2, 0) is 6.54 Å². The van der Waals surface area contributed by atoms with E-state index in [1.807, 2.05) is 24.3 Å². The average molecular weight is 276 g/mol. The van der Waals surface area contributed by atoms with Crippen LogP contribution >= 0.6 is 11.6 Å². The Hall–Kier alpha value is -2.07. The predicted octanol–water partition coefficient (Wildman–Crippen LogP) is 2.85. The molecule has 1 aromatic rings. The summed E-state index contributed by atoms with van der Waals surface area (Å²) in [6.45, 7) is 0.647. The van der Waals surface area contributed by atoms with E-state index in [1.165, 1.54) is 6.20 Å². The number of nitrogens with one attached hydrogen (secondary N) is 2. The predicted molar refractivity (Wildman–Crippen MR) is 78.1 cm³/mol. The molecule has 0 bridgehead atoms. The molecule has 1 heterocycles. The summed E-state index contributed by atoms with van der Waals surface area (Å²) in [7, 11) is 1.64. The van der Waals surface area contributed by atoms with Crippen molar-refractivity contribution in [1.82, 2.24) is 5.32 Å². The van der Waals surface area contributed by atoms with Crippen molar-refractivity contribution in [3.05, 3.63) is 53.9 Å². The van der Waals surface area contributed by atoms with Crippen LogP contribution in [0.2, 0.25) is 0 Å². The first-order valence-corrected chi connectivity index (χ1v) is 6.14. The fourth-order valence-corrected chi connectivity index (χ4v) is 1.81. The van der Waals surface area contributed by atoms with Gasteiger partial charge in [0.25, 0.3) is 0 Å². The molecule has 0 unspecified atom stereocenters. The minimum absolute atomic E-state index is 0.328. The summed E-state index contributed by atoms with van der Waals surface area (Å²) < 4.78 is 5.10. The van der Waals surface area contributed by atoms with Crippen molar-refractivity contribution >= 4 is 22.5 Å². The molecule has 0 saturated carbocycles. The number of allylic oxidation sites excluding steroid dienone is 2. The lowest BCUT2D eigenvalue weighted by Gasteiger charge is -2.09. The number of benzene rings is 1. The maximum absolute atomic E-state index is 7.74. The first kappa shape index (κ1) is 13.4. The molecule has 1 aliphatic heterocycles. The SMILES string of the molecule is COc1ccc(CN/C=C2\C(=N)C=CN=C2Cl)cc1. The highest BCUT2D eigenvalue weighted by Gasteiger charge is 2.10. The van der Waals surface area contributed by atoms with Crippen LogP contribution in [-0.4, -0.2) is 18.0 Å². The lowest BCUT2D eigenvalue weighted by molar-refractivity contribution is 0.414. The summed E-state index contributed by atoms with van der Waals surface area (Å²) in [6.07, 6.45) is 4.83. The Balaban J connectivity index is 1.97. The largest absolute Gasteiger partial charge is 0.497 e. The Morgan fingerprint density at radius 1 is 1.37 bits per heavy atom. The van der Waals surface area contributed by atoms with Gasteiger partial charge in [0.1, 0.15) is 10.9 Å². The van der Waals surface area contributed by atoms with Crippen molar-refractivity contribution < 1.29 is 4.74 Å². The molecule has 0 aliphatic carbocycles. The highest BCUT2D eigenvalue weighted by Crippen LogP contribution is 2.12. The van der Waals surface area contributed by atoms with Gasteiger partial charge < -0.3 is 15.5 Å². The van der Waals surface area contributed by atoms with Gasteiger partial charge in [0, 0.05) is 18.9 Å². The van der Waals surface area contributed by atoms with Crippen LogP contribution in [0.5, 0.6) is 5.75 Å². The van der Waals surface area contributed by atoms with Crippen LogP contribution in [0.3, 0.4) is 0 Å². The molecular weight excluding hydrogens is 262 g/mol. The highest BCUT2D eigenvalue weighted by atomic mass is 35.5. The van der Waals surface area contributed by atoms with E-state index in [-0.39, 0.29) is 0 Å². The second-order valence-corrected chi connectivity index (χ2v) is 4.29. The Labute approximate surface area is 117 Å². The van der Waals surface area contributed by atoms with Gasteiger partial charge in [-0.2, -0.15) is 0 Å². The molecule has 19 heavy (non-hydrogen) atoms. The van der Waals surface area contributed by atoms with Crippen LogP contribution in [0.15, 0.2) is 53.3 Å². The van der Waals surface area contributed by atoms with Crippen molar-refractivity contribution in [2.75, 3.05) is 7.11 Å². The fraction of sp³-hybridized carbons (Fsp3) is 0.143. The zero-order valence-corrected chi connectivity index (χ0v) is 11.2. The second-order valence-electron chi connectivity index (χ2n) is 3.94. The summed E-state index contributed by atoms with van der Waals surface area (Å²) in [5.74, 6) is 0.830. The number of halogens is 1. The zero-order valence-electron chi connectivity index (χ0n) is 10.5. The number of nitrogens with zero attached hydrogens (tertiary/aromatic N) is 1. The lowest BCUT2D eigenvalue weighted by atomic mass is 10.1. The molecule has 0 radical (unpaired) electrons. The van der Waals surface area contributed by atoms with Crippen LogP contribution in [0.1, 0.15) is 5.56 Å². The van der Waals surface area contributed by atoms with Gasteiger partial charge in [-0.15, -0.1) is 0 Å². The molecule has 2 rings (SSSR count). The van der Waals surface area contributed by atoms with Crippen molar-refractivity contribution in [2.24, 2.45) is 4.99 Å². The number of aliphatic imine (C=N–C) groups is 1. The van der Waals surface area contributed by atoms with Gasteiger partial charge in [0.2, 0.25) is 0 Å². The lowest BCUT2D eigenvalue weighted by Crippen LogP contribution is -2.14. The molecule has 0 fully saturated rings. The molecule has 0 aromatic heterocycles. The molecule has 2 N–H and O–H groups in total. The molecular formula is C14H14ClN3O. The van der Waals surface area contributed by atoms with E-state index in [0.717, 1.165) is 11.3 Å². The van der Waals surface area contributed by atoms with Gasteiger partial charge in [-0.05, 0) is 23.8 Å². The van der Waals surface area contributed by atoms with Crippen LogP contribution < -0.4 is 10.1 Å². The summed E-state index contributed by atoms with van der Waals surface area (Å²) in [4.78, 5) is 3.95. The van der Waals surface area contributed by atoms with Gasteiger partial charge in [-0.25, -0.2) is 4.99 Å². The smallest absolute Gasteiger partial charge is 0.139 e. The van der Waals surface area contributed by atoms with Crippen LogP contribution in [0.25, 0.3) is 0 Å². The first-order valence-electron chi connectivity index (χ1n) is 5.76. The van der Waals surface area contributed by atoms with Crippen LogP contribution in [0.4, 0.5) is 0 Å². The molecule has 0 spiro atoms. The van der Waals surface area contributed by atoms with Crippen molar-refractivity contribution in [1.29, 1.82) is 5.41 Å². The molecule has 1 aromatic carbocycles. The molecule has 0 atom stereocenters. The molecule has 5 heteroatoms. The molecule has 98 valence electrons. The number of hydrogen-bond donors (Lipinski definition) is 2. The number of rotatable bonds is 4. The third-order valence-corrected chi connectivity index (χ3v) is 2.95. The van der Waals surface area contributed by atoms with E-state index >= 15 is 0 Å². The number of hydrogen-bond acceptors (Lipinski definition) is 4. The van der Waals surface area contributed by atoms with E-state index in [1.54, 1.807) is 19.4 Å². The van der Waals surface area contributed by atoms with Gasteiger partial charge in [0.15, 0.2) is 0 Å². The van der Waals surface area contributed by atoms with E-state index in [0.29, 0.717) is 23.0 Å². The maximum Gasteiger partial charge on any atom is 0.139 e. The Morgan fingerprint density at radius 2 is 2.11 bits per heavy atom. The Morgan fingerprint density at radius 3 is 2.74 bits per heavy atom. The summed E-state index contributed by atoms with van der Waals surface area (Å²) in [5.41, 5.74) is 2.06. The standard InChI is InChI=1S/C14H14ClN3O/c1-19-11-4-2-10(3-5-11)8-17-9-12-13(16)6-7-18-14(12)15/h2-7,9,16-17H,8H2,1H3/b12-9+,16-13?. The summed E-state index contributed by atoms with van der Waals surface area (Å²) in [6, 6.07) is 7.77. The molecule has 0 amide bonds. The topological polar surface area (TPSA) is 57.5 Å². The molecule has 0 saturated heterocycles. The molecule has 1 aliphatic rings. The highest BCUT2D eigenvalue weighted by molar-refractivity contribution is 6.73. The van der Waals surface area contributed by atoms with E-state index in [2.05, 4.69) is 10.3 Å². The number of methoxy groups -OCH3 is 1. The van der Waals surface area contributed by atoms with E-state index in [4.69, 9.17) is 21.7 Å².